The van der Waals surface area contributed by atoms with Crippen molar-refractivity contribution in [2.75, 3.05) is 26.7 Å². The second kappa shape index (κ2) is 9.22. The van der Waals surface area contributed by atoms with E-state index in [1.165, 1.54) is 13.1 Å². The lowest BCUT2D eigenvalue weighted by Gasteiger charge is -2.26. The minimum atomic E-state index is -3.51. The lowest BCUT2D eigenvalue weighted by atomic mass is 10.2. The predicted octanol–water partition coefficient (Wildman–Crippen LogP) is 1.82. The summed E-state index contributed by atoms with van der Waals surface area (Å²) in [6.45, 7) is 2.64. The van der Waals surface area contributed by atoms with Gasteiger partial charge in [-0.1, -0.05) is 12.1 Å². The maximum atomic E-state index is 12.2. The van der Waals surface area contributed by atoms with Crippen molar-refractivity contribution in [1.82, 2.24) is 20.3 Å². The van der Waals surface area contributed by atoms with E-state index in [1.807, 2.05) is 12.1 Å². The largest absolute Gasteiger partial charge is 0.468 e. The van der Waals surface area contributed by atoms with Crippen LogP contribution in [0.5, 0.6) is 0 Å². The Bertz CT molecular complexity index is 877. The van der Waals surface area contributed by atoms with Gasteiger partial charge in [-0.3, -0.25) is 4.90 Å². The zero-order valence-corrected chi connectivity index (χ0v) is 16.7. The number of carbonyl (C=O) groups is 1. The van der Waals surface area contributed by atoms with E-state index in [9.17, 15) is 13.2 Å². The van der Waals surface area contributed by atoms with Crippen LogP contribution < -0.4 is 15.4 Å². The van der Waals surface area contributed by atoms with Gasteiger partial charge in [-0.2, -0.15) is 0 Å². The summed E-state index contributed by atoms with van der Waals surface area (Å²) in [6, 6.07) is 9.96. The molecule has 0 radical (unpaired) electrons. The van der Waals surface area contributed by atoms with Gasteiger partial charge in [-0.25, -0.2) is 17.9 Å². The Hall–Kier alpha value is -2.36. The number of rotatable bonds is 8. The molecule has 8 nitrogen and oxygen atoms in total. The van der Waals surface area contributed by atoms with Gasteiger partial charge in [-0.15, -0.1) is 0 Å². The Labute approximate surface area is 165 Å². The first kappa shape index (κ1) is 20.4. The van der Waals surface area contributed by atoms with Gasteiger partial charge in [0.1, 0.15) is 5.76 Å². The number of nitrogens with zero attached hydrogens (tertiary/aromatic N) is 1. The van der Waals surface area contributed by atoms with E-state index >= 15 is 0 Å². The smallest absolute Gasteiger partial charge is 0.315 e. The molecule has 1 aliphatic heterocycles. The van der Waals surface area contributed by atoms with Crippen molar-refractivity contribution in [3.8, 4) is 0 Å². The number of hydrogen-bond donors (Lipinski definition) is 3. The maximum Gasteiger partial charge on any atom is 0.315 e. The standard InChI is InChI=1S/C19H26N4O4S/c1-20-28(25,26)16-7-4-6-15(12-16)13-21-19(24)22-14-17(18-8-5-11-27-18)23-9-2-3-10-23/h4-8,11-12,17,20H,2-3,9-10,13-14H2,1H3,(H2,21,22,24). The average Bonchev–Trinajstić information content (AvgIpc) is 3.41. The fourth-order valence-corrected chi connectivity index (χ4v) is 4.12. The minimum Gasteiger partial charge on any atom is -0.468 e. The molecule has 2 amide bonds. The molecular weight excluding hydrogens is 380 g/mol. The van der Waals surface area contributed by atoms with Crippen LogP contribution in [0.2, 0.25) is 0 Å². The Balaban J connectivity index is 1.55. The van der Waals surface area contributed by atoms with Gasteiger partial charge in [0.15, 0.2) is 0 Å². The molecule has 1 aliphatic rings. The van der Waals surface area contributed by atoms with Crippen LogP contribution in [-0.2, 0) is 16.6 Å². The molecule has 1 unspecified atom stereocenters. The Morgan fingerprint density at radius 2 is 1.96 bits per heavy atom. The third-order valence-corrected chi connectivity index (χ3v) is 6.25. The van der Waals surface area contributed by atoms with Gasteiger partial charge in [0.25, 0.3) is 0 Å². The van der Waals surface area contributed by atoms with Crippen LogP contribution in [0.15, 0.2) is 52.0 Å². The number of carbonyl (C=O) groups excluding carboxylic acids is 1. The zero-order chi connectivity index (χ0) is 20.0. The van der Waals surface area contributed by atoms with E-state index in [2.05, 4.69) is 20.3 Å². The van der Waals surface area contributed by atoms with E-state index in [0.29, 0.717) is 12.1 Å². The highest BCUT2D eigenvalue weighted by molar-refractivity contribution is 7.89. The lowest BCUT2D eigenvalue weighted by molar-refractivity contribution is 0.203. The van der Waals surface area contributed by atoms with Crippen LogP contribution in [-0.4, -0.2) is 46.0 Å². The van der Waals surface area contributed by atoms with E-state index in [1.54, 1.807) is 24.5 Å². The summed E-state index contributed by atoms with van der Waals surface area (Å²) in [7, 11) is -2.14. The van der Waals surface area contributed by atoms with Crippen molar-refractivity contribution < 1.29 is 17.6 Å². The summed E-state index contributed by atoms with van der Waals surface area (Å²) in [5.74, 6) is 0.840. The Kier molecular flexibility index (Phi) is 6.71. The summed E-state index contributed by atoms with van der Waals surface area (Å²) < 4.78 is 31.6. The number of amides is 2. The number of nitrogens with one attached hydrogen (secondary N) is 3. The topological polar surface area (TPSA) is 104 Å². The first-order valence-electron chi connectivity index (χ1n) is 9.31. The van der Waals surface area contributed by atoms with Gasteiger partial charge in [0.2, 0.25) is 10.0 Å². The zero-order valence-electron chi connectivity index (χ0n) is 15.8. The molecule has 0 aliphatic carbocycles. The third kappa shape index (κ3) is 5.12. The summed E-state index contributed by atoms with van der Waals surface area (Å²) in [6.07, 6.45) is 3.94. The number of hydrogen-bond acceptors (Lipinski definition) is 5. The van der Waals surface area contributed by atoms with E-state index in [0.717, 1.165) is 31.7 Å². The molecule has 2 heterocycles. The van der Waals surface area contributed by atoms with Crippen LogP contribution in [0.1, 0.15) is 30.2 Å². The molecule has 1 fully saturated rings. The quantitative estimate of drug-likeness (QED) is 0.620. The second-order valence-electron chi connectivity index (χ2n) is 6.69. The molecule has 1 saturated heterocycles. The molecule has 3 N–H and O–H groups in total. The highest BCUT2D eigenvalue weighted by atomic mass is 32.2. The fourth-order valence-electron chi connectivity index (χ4n) is 3.32. The Morgan fingerprint density at radius 3 is 2.64 bits per heavy atom. The van der Waals surface area contributed by atoms with Crippen LogP contribution in [0.4, 0.5) is 4.79 Å². The molecule has 152 valence electrons. The van der Waals surface area contributed by atoms with Crippen molar-refractivity contribution in [3.63, 3.8) is 0 Å². The molecule has 1 atom stereocenters. The molecule has 2 aromatic rings. The Morgan fingerprint density at radius 1 is 1.18 bits per heavy atom. The summed E-state index contributed by atoms with van der Waals surface area (Å²) in [4.78, 5) is 14.7. The first-order chi connectivity index (χ1) is 13.5. The molecular formula is C19H26N4O4S. The van der Waals surface area contributed by atoms with Crippen LogP contribution >= 0.6 is 0 Å². The van der Waals surface area contributed by atoms with Crippen molar-refractivity contribution in [3.05, 3.63) is 54.0 Å². The fraction of sp³-hybridized carbons (Fsp3) is 0.421. The van der Waals surface area contributed by atoms with Gasteiger partial charge in [0.05, 0.1) is 17.2 Å². The number of urea groups is 1. The molecule has 0 spiro atoms. The van der Waals surface area contributed by atoms with Gasteiger partial charge in [0, 0.05) is 13.1 Å². The highest BCUT2D eigenvalue weighted by Crippen LogP contribution is 2.24. The average molecular weight is 407 g/mol. The van der Waals surface area contributed by atoms with Crippen LogP contribution in [0.25, 0.3) is 0 Å². The highest BCUT2D eigenvalue weighted by Gasteiger charge is 2.25. The number of benzene rings is 1. The van der Waals surface area contributed by atoms with E-state index < -0.39 is 10.0 Å². The first-order valence-corrected chi connectivity index (χ1v) is 10.8. The summed E-state index contributed by atoms with van der Waals surface area (Å²) in [5, 5.41) is 5.66. The number of furan rings is 1. The van der Waals surface area contributed by atoms with Crippen molar-refractivity contribution in [2.45, 2.75) is 30.3 Å². The maximum absolute atomic E-state index is 12.2. The predicted molar refractivity (Wildman–Crippen MR) is 105 cm³/mol. The normalized spacial score (nSPS) is 16.0. The SMILES string of the molecule is CNS(=O)(=O)c1cccc(CNC(=O)NCC(c2ccco2)N2CCCC2)c1. The molecule has 0 bridgehead atoms. The van der Waals surface area contributed by atoms with Crippen LogP contribution in [0, 0.1) is 0 Å². The number of sulfonamides is 1. The van der Waals surface area contributed by atoms with Gasteiger partial charge in [-0.05, 0) is 62.8 Å². The molecule has 0 saturated carbocycles. The van der Waals surface area contributed by atoms with Gasteiger partial charge >= 0.3 is 6.03 Å². The van der Waals surface area contributed by atoms with E-state index in [4.69, 9.17) is 4.42 Å². The lowest BCUT2D eigenvalue weighted by Crippen LogP contribution is -2.41. The third-order valence-electron chi connectivity index (χ3n) is 4.84. The molecule has 1 aromatic carbocycles. The van der Waals surface area contributed by atoms with Crippen LogP contribution in [0.3, 0.4) is 0 Å². The van der Waals surface area contributed by atoms with Crippen molar-refractivity contribution >= 4 is 16.1 Å². The number of likely N-dealkylation sites (tertiary alicyclic amines) is 1. The monoisotopic (exact) mass is 406 g/mol. The van der Waals surface area contributed by atoms with Gasteiger partial charge < -0.3 is 15.1 Å². The second-order valence-corrected chi connectivity index (χ2v) is 8.58. The van der Waals surface area contributed by atoms with E-state index in [-0.39, 0.29) is 23.5 Å². The molecule has 9 heteroatoms. The van der Waals surface area contributed by atoms with Crippen molar-refractivity contribution in [1.29, 1.82) is 0 Å². The minimum absolute atomic E-state index is 0.00681. The summed E-state index contributed by atoms with van der Waals surface area (Å²) >= 11 is 0. The molecule has 3 rings (SSSR count). The van der Waals surface area contributed by atoms with Crippen molar-refractivity contribution in [2.24, 2.45) is 0 Å². The molecule has 1 aromatic heterocycles. The molecule has 28 heavy (non-hydrogen) atoms. The summed E-state index contributed by atoms with van der Waals surface area (Å²) in [5.41, 5.74) is 0.702.